The van der Waals surface area contributed by atoms with Crippen molar-refractivity contribution < 1.29 is 40.6 Å². The van der Waals surface area contributed by atoms with Crippen molar-refractivity contribution in [1.29, 1.82) is 0 Å². The Morgan fingerprint density at radius 2 is 1.56 bits per heavy atom. The normalized spacial score (nSPS) is 18.4. The van der Waals surface area contributed by atoms with E-state index < -0.39 is 58.9 Å². The summed E-state index contributed by atoms with van der Waals surface area (Å²) in [5.74, 6) is -3.23. The highest BCUT2D eigenvalue weighted by atomic mass is 19.4. The van der Waals surface area contributed by atoms with Gasteiger partial charge in [-0.1, -0.05) is 36.4 Å². The van der Waals surface area contributed by atoms with Crippen LogP contribution in [0.2, 0.25) is 0 Å². The van der Waals surface area contributed by atoms with E-state index in [9.17, 15) is 40.6 Å². The van der Waals surface area contributed by atoms with E-state index in [2.05, 4.69) is 15.0 Å². The van der Waals surface area contributed by atoms with Crippen LogP contribution in [0.1, 0.15) is 29.2 Å². The van der Waals surface area contributed by atoms with Gasteiger partial charge in [-0.3, -0.25) is 9.78 Å². The summed E-state index contributed by atoms with van der Waals surface area (Å²) in [4.78, 5) is 23.1. The topological polar surface area (TPSA) is 76.0 Å². The van der Waals surface area contributed by atoms with Gasteiger partial charge in [0, 0.05) is 18.2 Å². The third kappa shape index (κ3) is 4.70. The zero-order chi connectivity index (χ0) is 26.3. The maximum atomic E-state index is 14.7. The first-order valence-corrected chi connectivity index (χ1v) is 10.2. The Labute approximate surface area is 198 Å². The Morgan fingerprint density at radius 1 is 0.889 bits per heavy atom. The number of hydrogen-bond donors (Lipinski definition) is 1. The number of carbonyl (C=O) groups is 1. The van der Waals surface area contributed by atoms with Crippen LogP contribution in [0.15, 0.2) is 72.7 Å². The lowest BCUT2D eigenvalue weighted by atomic mass is 9.75. The highest BCUT2D eigenvalue weighted by molar-refractivity contribution is 5.89. The molecule has 12 heteroatoms. The van der Waals surface area contributed by atoms with Crippen LogP contribution in [-0.2, 0) is 22.6 Å². The van der Waals surface area contributed by atoms with Crippen LogP contribution in [0, 0.1) is 0 Å². The first-order valence-electron chi connectivity index (χ1n) is 10.2. The maximum Gasteiger partial charge on any atom is 0.433 e. The quantitative estimate of drug-likeness (QED) is 0.422. The number of pyridine rings is 1. The number of aliphatic carboxylic acids is 1. The summed E-state index contributed by atoms with van der Waals surface area (Å²) in [6, 6.07) is 9.71. The summed E-state index contributed by atoms with van der Waals surface area (Å²) < 4.78 is 94.3. The minimum absolute atomic E-state index is 0.0840. The average Bonchev–Trinajstić information content (AvgIpc) is 2.83. The minimum atomic E-state index is -5.05. The second-order valence-electron chi connectivity index (χ2n) is 7.87. The van der Waals surface area contributed by atoms with Crippen molar-refractivity contribution in [3.05, 3.63) is 95.5 Å². The molecule has 0 saturated heterocycles. The van der Waals surface area contributed by atoms with Crippen LogP contribution in [0.4, 0.5) is 30.7 Å². The summed E-state index contributed by atoms with van der Waals surface area (Å²) >= 11 is 0. The second-order valence-corrected chi connectivity index (χ2v) is 7.87. The number of carboxylic acids is 1. The van der Waals surface area contributed by atoms with E-state index in [0.717, 1.165) is 18.2 Å². The Kier molecular flexibility index (Phi) is 6.15. The number of nitrogens with zero attached hydrogens (tertiary/aromatic N) is 3. The molecule has 0 amide bonds. The smallest absolute Gasteiger partial charge is 0.433 e. The van der Waals surface area contributed by atoms with Crippen molar-refractivity contribution in [2.24, 2.45) is 0 Å². The minimum Gasteiger partial charge on any atom is -0.480 e. The zero-order valence-electron chi connectivity index (χ0n) is 17.9. The Bertz CT molecular complexity index is 1370. The molecule has 1 unspecified atom stereocenters. The highest BCUT2D eigenvalue weighted by Gasteiger charge is 2.46. The van der Waals surface area contributed by atoms with Crippen molar-refractivity contribution in [3.63, 3.8) is 0 Å². The predicted octanol–water partition coefficient (Wildman–Crippen LogP) is 6.24. The van der Waals surface area contributed by atoms with Gasteiger partial charge in [-0.15, -0.1) is 0 Å². The Balaban J connectivity index is 1.88. The van der Waals surface area contributed by atoms with E-state index in [4.69, 9.17) is 0 Å². The van der Waals surface area contributed by atoms with Gasteiger partial charge in [-0.05, 0) is 35.4 Å². The standard InChI is InChI=1S/C24H14F7N3O2/c25-16-8-9-22(21(35)36,11-15(16)13-4-2-1-3-5-13)20-33-17(10-19(34-20)24(29,30)31)14-6-7-18(32-12-14)23(26,27)28/h1-10,12H,11H2,(H,35,36). The molecule has 0 aliphatic heterocycles. The van der Waals surface area contributed by atoms with Gasteiger partial charge in [0.05, 0.1) is 5.69 Å². The molecule has 36 heavy (non-hydrogen) atoms. The number of benzene rings is 1. The Hall–Kier alpha value is -4.09. The molecule has 186 valence electrons. The fourth-order valence-corrected chi connectivity index (χ4v) is 3.67. The molecule has 2 heterocycles. The molecule has 5 nitrogen and oxygen atoms in total. The van der Waals surface area contributed by atoms with Crippen LogP contribution < -0.4 is 0 Å². The first-order chi connectivity index (χ1) is 16.8. The van der Waals surface area contributed by atoms with E-state index in [1.165, 1.54) is 12.1 Å². The molecule has 3 aromatic rings. The van der Waals surface area contributed by atoms with E-state index in [-0.39, 0.29) is 11.1 Å². The number of halogens is 7. The number of allylic oxidation sites excluding steroid dienone is 3. The van der Waals surface area contributed by atoms with Crippen molar-refractivity contribution in [1.82, 2.24) is 15.0 Å². The van der Waals surface area contributed by atoms with Gasteiger partial charge in [-0.2, -0.15) is 26.3 Å². The van der Waals surface area contributed by atoms with Crippen LogP contribution in [-0.4, -0.2) is 26.0 Å². The number of aromatic nitrogens is 3. The molecule has 4 rings (SSSR count). The van der Waals surface area contributed by atoms with Crippen molar-refractivity contribution >= 4 is 11.5 Å². The molecule has 0 saturated carbocycles. The van der Waals surface area contributed by atoms with Gasteiger partial charge in [-0.25, -0.2) is 14.4 Å². The van der Waals surface area contributed by atoms with Crippen LogP contribution >= 0.6 is 0 Å². The number of hydrogen-bond acceptors (Lipinski definition) is 4. The lowest BCUT2D eigenvalue weighted by Gasteiger charge is -2.29. The summed E-state index contributed by atoms with van der Waals surface area (Å²) in [6.45, 7) is 0. The van der Waals surface area contributed by atoms with Crippen LogP contribution in [0.25, 0.3) is 16.8 Å². The highest BCUT2D eigenvalue weighted by Crippen LogP contribution is 2.43. The van der Waals surface area contributed by atoms with Crippen molar-refractivity contribution in [2.75, 3.05) is 0 Å². The molecular formula is C24H14F7N3O2. The van der Waals surface area contributed by atoms with Crippen molar-refractivity contribution in [2.45, 2.75) is 24.2 Å². The fraction of sp³-hybridized carbons (Fsp3) is 0.167. The molecule has 1 aliphatic carbocycles. The van der Waals surface area contributed by atoms with Gasteiger partial charge in [0.25, 0.3) is 0 Å². The lowest BCUT2D eigenvalue weighted by molar-refractivity contribution is -0.144. The van der Waals surface area contributed by atoms with Crippen molar-refractivity contribution in [3.8, 4) is 11.3 Å². The van der Waals surface area contributed by atoms with E-state index in [1.54, 1.807) is 18.2 Å². The molecule has 1 atom stereocenters. The average molecular weight is 509 g/mol. The molecule has 1 N–H and O–H groups in total. The maximum absolute atomic E-state index is 14.7. The summed E-state index contributed by atoms with van der Waals surface area (Å²) in [6.07, 6.45) is -8.08. The second kappa shape index (κ2) is 8.85. The summed E-state index contributed by atoms with van der Waals surface area (Å²) in [7, 11) is 0. The molecule has 1 aromatic carbocycles. The monoisotopic (exact) mass is 509 g/mol. The number of alkyl halides is 6. The molecule has 0 radical (unpaired) electrons. The van der Waals surface area contributed by atoms with Gasteiger partial charge in [0.2, 0.25) is 0 Å². The molecule has 0 bridgehead atoms. The lowest BCUT2D eigenvalue weighted by Crippen LogP contribution is -2.38. The molecule has 1 aliphatic rings. The van der Waals surface area contributed by atoms with E-state index in [0.29, 0.717) is 23.9 Å². The van der Waals surface area contributed by atoms with Gasteiger partial charge >= 0.3 is 18.3 Å². The van der Waals surface area contributed by atoms with Crippen LogP contribution in [0.3, 0.4) is 0 Å². The Morgan fingerprint density at radius 3 is 2.11 bits per heavy atom. The van der Waals surface area contributed by atoms with Gasteiger partial charge in [0.1, 0.15) is 22.6 Å². The van der Waals surface area contributed by atoms with Crippen LogP contribution in [0.5, 0.6) is 0 Å². The van der Waals surface area contributed by atoms with E-state index in [1.807, 2.05) is 0 Å². The number of rotatable bonds is 4. The molecule has 0 fully saturated rings. The molecule has 0 spiro atoms. The fourth-order valence-electron chi connectivity index (χ4n) is 3.67. The summed E-state index contributed by atoms with van der Waals surface area (Å²) in [5.41, 5.74) is -5.60. The summed E-state index contributed by atoms with van der Waals surface area (Å²) in [5, 5.41) is 10.1. The first kappa shape index (κ1) is 25.0. The third-order valence-corrected chi connectivity index (χ3v) is 5.53. The van der Waals surface area contributed by atoms with E-state index >= 15 is 0 Å². The van der Waals surface area contributed by atoms with Gasteiger partial charge < -0.3 is 5.11 Å². The van der Waals surface area contributed by atoms with Gasteiger partial charge in [0.15, 0.2) is 5.82 Å². The SMILES string of the molecule is O=C(O)C1(c2nc(-c3ccc(C(F)(F)F)nc3)cc(C(F)(F)F)n2)C=CC(F)=C(c2ccccc2)C1. The zero-order valence-corrected chi connectivity index (χ0v) is 17.9. The third-order valence-electron chi connectivity index (χ3n) is 5.53. The molecule has 2 aromatic heterocycles. The predicted molar refractivity (Wildman–Crippen MR) is 113 cm³/mol. The number of carboxylic acid groups (broad SMARTS) is 1. The molecular weight excluding hydrogens is 495 g/mol. The largest absolute Gasteiger partial charge is 0.480 e.